The van der Waals surface area contributed by atoms with Gasteiger partial charge in [0.25, 0.3) is 0 Å². The van der Waals surface area contributed by atoms with Crippen LogP contribution in [0.5, 0.6) is 0 Å². The van der Waals surface area contributed by atoms with Gasteiger partial charge in [-0.05, 0) is 56.1 Å². The average molecular weight is 333 g/mol. The molecule has 1 atom stereocenters. The fourth-order valence-electron chi connectivity index (χ4n) is 2.31. The zero-order valence-electron chi connectivity index (χ0n) is 11.4. The summed E-state index contributed by atoms with van der Waals surface area (Å²) < 4.78 is 48.8. The number of anilines is 1. The van der Waals surface area contributed by atoms with Crippen LogP contribution in [0.15, 0.2) is 29.2 Å². The molecular formula is C12H19N3O4S2. The van der Waals surface area contributed by atoms with Crippen LogP contribution in [-0.4, -0.2) is 35.7 Å². The minimum atomic E-state index is -3.77. The second-order valence-corrected chi connectivity index (χ2v) is 8.49. The Morgan fingerprint density at radius 1 is 1.19 bits per heavy atom. The van der Waals surface area contributed by atoms with Gasteiger partial charge in [-0.2, -0.15) is 0 Å². The smallest absolute Gasteiger partial charge is 0.238 e. The minimum absolute atomic E-state index is 0.0525. The summed E-state index contributed by atoms with van der Waals surface area (Å²) in [5.41, 5.74) is 0.325. The van der Waals surface area contributed by atoms with Crippen molar-refractivity contribution in [3.63, 3.8) is 0 Å². The van der Waals surface area contributed by atoms with E-state index in [2.05, 4.69) is 10.0 Å². The summed E-state index contributed by atoms with van der Waals surface area (Å²) >= 11 is 0. The van der Waals surface area contributed by atoms with Gasteiger partial charge in [-0.1, -0.05) is 0 Å². The second kappa shape index (κ2) is 6.30. The van der Waals surface area contributed by atoms with Gasteiger partial charge in [-0.15, -0.1) is 0 Å². The van der Waals surface area contributed by atoms with Crippen molar-refractivity contribution in [2.75, 3.05) is 23.6 Å². The molecule has 1 heterocycles. The maximum atomic E-state index is 12.1. The van der Waals surface area contributed by atoms with Crippen molar-refractivity contribution in [3.8, 4) is 0 Å². The lowest BCUT2D eigenvalue weighted by Gasteiger charge is -2.22. The Labute approximate surface area is 125 Å². The normalized spacial score (nSPS) is 20.1. The molecule has 0 aliphatic carbocycles. The summed E-state index contributed by atoms with van der Waals surface area (Å²) in [6.07, 6.45) is 1.86. The molecule has 1 fully saturated rings. The molecule has 1 aromatic carbocycles. The molecule has 9 heteroatoms. The molecule has 0 spiro atoms. The first-order valence-corrected chi connectivity index (χ1v) is 9.80. The molecule has 4 N–H and O–H groups in total. The van der Waals surface area contributed by atoms with E-state index in [4.69, 9.17) is 5.14 Å². The Morgan fingerprint density at radius 2 is 1.86 bits per heavy atom. The van der Waals surface area contributed by atoms with Crippen LogP contribution in [0.1, 0.15) is 12.8 Å². The van der Waals surface area contributed by atoms with Crippen molar-refractivity contribution >= 4 is 25.7 Å². The largest absolute Gasteiger partial charge is 0.316 e. The summed E-state index contributed by atoms with van der Waals surface area (Å²) in [5.74, 6) is 0.150. The highest BCUT2D eigenvalue weighted by atomic mass is 32.2. The molecule has 1 saturated heterocycles. The summed E-state index contributed by atoms with van der Waals surface area (Å²) in [7, 11) is -7.22. The molecule has 0 amide bonds. The third-order valence-electron chi connectivity index (χ3n) is 3.31. The Balaban J connectivity index is 2.02. The lowest BCUT2D eigenvalue weighted by molar-refractivity contribution is 0.404. The van der Waals surface area contributed by atoms with E-state index in [1.807, 2.05) is 0 Å². The van der Waals surface area contributed by atoms with E-state index < -0.39 is 20.0 Å². The first kappa shape index (κ1) is 16.2. The van der Waals surface area contributed by atoms with Crippen molar-refractivity contribution in [1.82, 2.24) is 5.32 Å². The fourth-order valence-corrected chi connectivity index (χ4v) is 4.31. The van der Waals surface area contributed by atoms with Crippen LogP contribution in [0.25, 0.3) is 0 Å². The third kappa shape index (κ3) is 4.95. The highest BCUT2D eigenvalue weighted by molar-refractivity contribution is 7.92. The van der Waals surface area contributed by atoms with Crippen LogP contribution in [0.2, 0.25) is 0 Å². The number of primary sulfonamides is 1. The van der Waals surface area contributed by atoms with E-state index in [1.54, 1.807) is 0 Å². The number of hydrogen-bond donors (Lipinski definition) is 3. The summed E-state index contributed by atoms with van der Waals surface area (Å²) in [6.45, 7) is 1.63. The molecular weight excluding hydrogens is 314 g/mol. The lowest BCUT2D eigenvalue weighted by Crippen LogP contribution is -2.35. The number of rotatable bonds is 5. The molecule has 1 aliphatic rings. The topological polar surface area (TPSA) is 118 Å². The molecule has 2 rings (SSSR count). The van der Waals surface area contributed by atoms with Gasteiger partial charge in [0.1, 0.15) is 0 Å². The van der Waals surface area contributed by atoms with E-state index in [-0.39, 0.29) is 16.6 Å². The molecule has 0 radical (unpaired) electrons. The van der Waals surface area contributed by atoms with Crippen LogP contribution in [-0.2, 0) is 20.0 Å². The molecule has 21 heavy (non-hydrogen) atoms. The molecule has 0 bridgehead atoms. The highest BCUT2D eigenvalue weighted by Gasteiger charge is 2.21. The number of nitrogens with one attached hydrogen (secondary N) is 2. The van der Waals surface area contributed by atoms with Gasteiger partial charge in [0.2, 0.25) is 20.0 Å². The van der Waals surface area contributed by atoms with E-state index in [1.165, 1.54) is 24.3 Å². The summed E-state index contributed by atoms with van der Waals surface area (Å²) in [5, 5.41) is 8.16. The predicted molar refractivity (Wildman–Crippen MR) is 80.8 cm³/mol. The fraction of sp³-hybridized carbons (Fsp3) is 0.500. The third-order valence-corrected chi connectivity index (χ3v) is 5.70. The Morgan fingerprint density at radius 3 is 2.38 bits per heavy atom. The minimum Gasteiger partial charge on any atom is -0.316 e. The first-order valence-electron chi connectivity index (χ1n) is 6.60. The highest BCUT2D eigenvalue weighted by Crippen LogP contribution is 2.17. The molecule has 0 aromatic heterocycles. The number of piperidine rings is 1. The van der Waals surface area contributed by atoms with Crippen LogP contribution >= 0.6 is 0 Å². The van der Waals surface area contributed by atoms with Gasteiger partial charge in [0.15, 0.2) is 0 Å². The van der Waals surface area contributed by atoms with Gasteiger partial charge < -0.3 is 5.32 Å². The van der Waals surface area contributed by atoms with Crippen molar-refractivity contribution in [3.05, 3.63) is 24.3 Å². The standard InChI is InChI=1S/C12H19N3O4S2/c13-21(18,19)12-5-3-11(4-6-12)15-20(16,17)9-10-2-1-7-14-8-10/h3-6,10,14-15H,1-2,7-9H2,(H2,13,18,19). The number of benzene rings is 1. The lowest BCUT2D eigenvalue weighted by atomic mass is 10.0. The number of hydrogen-bond acceptors (Lipinski definition) is 5. The van der Waals surface area contributed by atoms with Crippen molar-refractivity contribution in [2.45, 2.75) is 17.7 Å². The SMILES string of the molecule is NS(=O)(=O)c1ccc(NS(=O)(=O)CC2CCCNC2)cc1. The van der Waals surface area contributed by atoms with Crippen LogP contribution in [0.4, 0.5) is 5.69 Å². The van der Waals surface area contributed by atoms with E-state index in [9.17, 15) is 16.8 Å². The average Bonchev–Trinajstić information content (AvgIpc) is 2.38. The van der Waals surface area contributed by atoms with Crippen molar-refractivity contribution < 1.29 is 16.8 Å². The summed E-state index contributed by atoms with van der Waals surface area (Å²) in [6, 6.07) is 5.32. The Bertz CT molecular complexity index is 678. The quantitative estimate of drug-likeness (QED) is 0.705. The van der Waals surface area contributed by atoms with Crippen molar-refractivity contribution in [1.29, 1.82) is 0 Å². The zero-order chi connectivity index (χ0) is 15.5. The zero-order valence-corrected chi connectivity index (χ0v) is 13.1. The second-order valence-electron chi connectivity index (χ2n) is 5.17. The van der Waals surface area contributed by atoms with Gasteiger partial charge in [-0.25, -0.2) is 22.0 Å². The molecule has 118 valence electrons. The maximum Gasteiger partial charge on any atom is 0.238 e. The van der Waals surface area contributed by atoms with Crippen LogP contribution in [0.3, 0.4) is 0 Å². The molecule has 0 saturated carbocycles. The number of sulfonamides is 2. The van der Waals surface area contributed by atoms with E-state index in [0.717, 1.165) is 19.4 Å². The van der Waals surface area contributed by atoms with Crippen LogP contribution in [0, 0.1) is 5.92 Å². The molecule has 7 nitrogen and oxygen atoms in total. The maximum absolute atomic E-state index is 12.1. The number of nitrogens with two attached hydrogens (primary N) is 1. The molecule has 1 aromatic rings. The predicted octanol–water partition coefficient (Wildman–Crippen LogP) is 0.0753. The van der Waals surface area contributed by atoms with Crippen LogP contribution < -0.4 is 15.2 Å². The monoisotopic (exact) mass is 333 g/mol. The molecule has 1 aliphatic heterocycles. The van der Waals surface area contributed by atoms with E-state index in [0.29, 0.717) is 12.2 Å². The Hall–Kier alpha value is -1.16. The van der Waals surface area contributed by atoms with Gasteiger partial charge in [-0.3, -0.25) is 4.72 Å². The first-order chi connectivity index (χ1) is 9.76. The van der Waals surface area contributed by atoms with E-state index >= 15 is 0 Å². The molecule has 1 unspecified atom stereocenters. The Kier molecular flexibility index (Phi) is 4.87. The van der Waals surface area contributed by atoms with Crippen molar-refractivity contribution in [2.24, 2.45) is 11.1 Å². The summed E-state index contributed by atoms with van der Waals surface area (Å²) in [4.78, 5) is -0.0538. The van der Waals surface area contributed by atoms with Gasteiger partial charge in [0.05, 0.1) is 10.6 Å². The van der Waals surface area contributed by atoms with Gasteiger partial charge >= 0.3 is 0 Å². The van der Waals surface area contributed by atoms with Gasteiger partial charge in [0, 0.05) is 5.69 Å².